The number of carboxylic acids is 2. The molecule has 11 heteroatoms. The Kier molecular flexibility index (Phi) is 22.1. The van der Waals surface area contributed by atoms with Crippen LogP contribution in [0.1, 0.15) is 93.9 Å². The number of hydrogen-bond donors (Lipinski definition) is 4. The summed E-state index contributed by atoms with van der Waals surface area (Å²) in [5.74, 6) is -2.92. The molecule has 0 saturated carbocycles. The average molecular weight is 608 g/mol. The Bertz CT molecular complexity index is 1060. The number of carboxylic acid groups (broad SMARTS) is 2. The summed E-state index contributed by atoms with van der Waals surface area (Å²) in [4.78, 5) is 34.0. The average Bonchev–Trinajstić information content (AvgIpc) is 2.88. The summed E-state index contributed by atoms with van der Waals surface area (Å²) in [6.45, 7) is 2.21. The van der Waals surface area contributed by atoms with Crippen molar-refractivity contribution in [1.29, 1.82) is 0 Å². The van der Waals surface area contributed by atoms with Gasteiger partial charge in [0.2, 0.25) is 5.91 Å². The normalized spacial score (nSPS) is 12.8. The van der Waals surface area contributed by atoms with Crippen molar-refractivity contribution in [3.05, 3.63) is 59.7 Å². The van der Waals surface area contributed by atoms with Gasteiger partial charge in [0.15, 0.2) is 10.1 Å². The molecule has 1 amide bonds. The standard InChI is InChI=1S/C30H41NO7S.2Na.2H/c1-2-3-4-5-6-7-8-11-22-16-18-23(19-17-22)30(26(32)14-10-15-28(34)35)39(38)25-13-9-12-24(20-25)31-27(33)21-29(36)37;;;;/h9,12-13,16-20,26,30,32H,2-8,10-11,14-15,21H2,1H3,(H,31,33)(H,34,35)(H,36,37);;;;. The Balaban J connectivity index is 0.00000800. The minimum absolute atomic E-state index is 0. The molecule has 218 valence electrons. The summed E-state index contributed by atoms with van der Waals surface area (Å²) in [6.07, 6.45) is 8.10. The first kappa shape index (κ1) is 40.1. The van der Waals surface area contributed by atoms with Crippen LogP contribution in [0.5, 0.6) is 0 Å². The second-order valence-corrected chi connectivity index (χ2v) is 11.4. The molecule has 0 aliphatic carbocycles. The first-order valence-electron chi connectivity index (χ1n) is 13.7. The monoisotopic (exact) mass is 607 g/mol. The van der Waals surface area contributed by atoms with E-state index in [1.807, 2.05) is 24.3 Å². The predicted octanol–water partition coefficient (Wildman–Crippen LogP) is 4.56. The van der Waals surface area contributed by atoms with Crippen molar-refractivity contribution in [1.82, 2.24) is 0 Å². The van der Waals surface area contributed by atoms with Crippen LogP contribution in [0.2, 0.25) is 0 Å². The molecule has 0 spiro atoms. The number of amides is 1. The molecule has 0 aliphatic rings. The second-order valence-electron chi connectivity index (χ2n) is 9.83. The van der Waals surface area contributed by atoms with Crippen molar-refractivity contribution < 1.29 is 34.3 Å². The molecule has 3 unspecified atom stereocenters. The zero-order valence-corrected chi connectivity index (χ0v) is 23.5. The summed E-state index contributed by atoms with van der Waals surface area (Å²) in [6, 6.07) is 14.0. The molecule has 4 N–H and O–H groups in total. The zero-order chi connectivity index (χ0) is 28.6. The van der Waals surface area contributed by atoms with Crippen LogP contribution in [0.4, 0.5) is 5.69 Å². The Labute approximate surface area is 290 Å². The third-order valence-electron chi connectivity index (χ3n) is 6.51. The van der Waals surface area contributed by atoms with Gasteiger partial charge in [-0.3, -0.25) is 14.4 Å². The minimum atomic E-state index is -1.74. The van der Waals surface area contributed by atoms with Crippen LogP contribution in [0.15, 0.2) is 53.4 Å². The fourth-order valence-electron chi connectivity index (χ4n) is 4.45. The number of aryl methyl sites for hydroxylation is 1. The number of anilines is 1. The maximum absolute atomic E-state index is 13.7. The molecule has 2 rings (SSSR count). The van der Waals surface area contributed by atoms with Crippen LogP contribution >= 0.6 is 0 Å². The first-order chi connectivity index (χ1) is 18.7. The van der Waals surface area contributed by atoms with Crippen LogP contribution in [0.25, 0.3) is 0 Å². The molecular weight excluding hydrogens is 564 g/mol. The Morgan fingerprint density at radius 2 is 1.51 bits per heavy atom. The van der Waals surface area contributed by atoms with Gasteiger partial charge in [0, 0.05) is 23.7 Å². The van der Waals surface area contributed by atoms with E-state index in [1.54, 1.807) is 18.2 Å². The van der Waals surface area contributed by atoms with E-state index in [4.69, 9.17) is 10.2 Å². The van der Waals surface area contributed by atoms with E-state index in [2.05, 4.69) is 12.2 Å². The number of aliphatic hydroxyl groups is 1. The first-order valence-corrected chi connectivity index (χ1v) is 14.9. The van der Waals surface area contributed by atoms with Crippen LogP contribution in [-0.4, -0.2) is 103 Å². The molecule has 3 atom stereocenters. The van der Waals surface area contributed by atoms with E-state index < -0.39 is 46.8 Å². The van der Waals surface area contributed by atoms with Gasteiger partial charge in [-0.05, 0) is 54.6 Å². The number of hydrogen-bond acceptors (Lipinski definition) is 5. The number of unbranched alkanes of at least 4 members (excludes halogenated alkanes) is 6. The predicted molar refractivity (Wildman–Crippen MR) is 166 cm³/mol. The summed E-state index contributed by atoms with van der Waals surface area (Å²) < 4.78 is 13.7. The van der Waals surface area contributed by atoms with Crippen molar-refractivity contribution in [3.8, 4) is 0 Å². The number of carbonyl (C=O) groups is 3. The van der Waals surface area contributed by atoms with E-state index in [9.17, 15) is 24.0 Å². The van der Waals surface area contributed by atoms with Crippen molar-refractivity contribution in [2.24, 2.45) is 0 Å². The summed E-state index contributed by atoms with van der Waals surface area (Å²) in [7, 11) is 0. The second kappa shape index (κ2) is 22.6. The van der Waals surface area contributed by atoms with E-state index in [-0.39, 0.29) is 78.4 Å². The number of aliphatic hydroxyl groups excluding tert-OH is 1. The molecule has 0 heterocycles. The molecule has 0 aromatic heterocycles. The molecule has 0 bridgehead atoms. The van der Waals surface area contributed by atoms with Crippen LogP contribution in [-0.2, 0) is 32.0 Å². The van der Waals surface area contributed by atoms with E-state index in [0.717, 1.165) is 12.8 Å². The summed E-state index contributed by atoms with van der Waals surface area (Å²) in [5, 5.41) is 30.5. The van der Waals surface area contributed by atoms with Crippen molar-refractivity contribution in [2.75, 3.05) is 5.32 Å². The summed E-state index contributed by atoms with van der Waals surface area (Å²) in [5.41, 5.74) is 2.15. The van der Waals surface area contributed by atoms with Gasteiger partial charge in [0.25, 0.3) is 0 Å². The molecule has 0 saturated heterocycles. The fourth-order valence-corrected chi connectivity index (χ4v) is 6.03. The Morgan fingerprint density at radius 1 is 0.878 bits per heavy atom. The molecular formula is C30H43NNa2O7S. The van der Waals surface area contributed by atoms with Gasteiger partial charge in [0.1, 0.15) is 12.5 Å². The van der Waals surface area contributed by atoms with Gasteiger partial charge in [-0.2, -0.15) is 0 Å². The van der Waals surface area contributed by atoms with Crippen molar-refractivity contribution in [3.63, 3.8) is 0 Å². The zero-order valence-electron chi connectivity index (χ0n) is 22.6. The molecule has 2 aromatic carbocycles. The number of nitrogens with one attached hydrogen (secondary N) is 1. The van der Waals surface area contributed by atoms with Gasteiger partial charge in [-0.1, -0.05) is 75.8 Å². The Morgan fingerprint density at radius 3 is 2.12 bits per heavy atom. The Hall–Kier alpha value is -0.880. The van der Waals surface area contributed by atoms with E-state index in [1.165, 1.54) is 50.2 Å². The topological polar surface area (TPSA) is 147 Å². The van der Waals surface area contributed by atoms with Gasteiger partial charge in [0.05, 0.1) is 0 Å². The van der Waals surface area contributed by atoms with Crippen LogP contribution in [0, 0.1) is 0 Å². The van der Waals surface area contributed by atoms with Gasteiger partial charge < -0.3 is 25.2 Å². The van der Waals surface area contributed by atoms with Gasteiger partial charge >= 0.3 is 71.1 Å². The van der Waals surface area contributed by atoms with E-state index >= 15 is 0 Å². The summed E-state index contributed by atoms with van der Waals surface area (Å²) >= 11 is -1.74. The van der Waals surface area contributed by atoms with Crippen LogP contribution < -0.4 is 5.32 Å². The SMILES string of the molecule is CCCCCCCCCc1ccc(C(C(O)CCCC(=O)O)[S+]([O-])c2cccc(NC(=O)CC(=O)O)c2)cc1.[NaH].[NaH]. The van der Waals surface area contributed by atoms with Gasteiger partial charge in [-0.25, -0.2) is 0 Å². The molecule has 0 fully saturated rings. The maximum atomic E-state index is 13.7. The van der Waals surface area contributed by atoms with Crippen molar-refractivity contribution >= 4 is 93.8 Å². The number of benzene rings is 2. The number of carbonyl (C=O) groups excluding carboxylic acids is 1. The molecule has 0 radical (unpaired) electrons. The number of aliphatic carboxylic acids is 2. The van der Waals surface area contributed by atoms with E-state index in [0.29, 0.717) is 16.1 Å². The molecule has 2 aromatic rings. The van der Waals surface area contributed by atoms with Crippen molar-refractivity contribution in [2.45, 2.75) is 100 Å². The molecule has 0 aliphatic heterocycles. The fraction of sp³-hybridized carbons (Fsp3) is 0.500. The third kappa shape index (κ3) is 16.0. The van der Waals surface area contributed by atoms with Gasteiger partial charge in [-0.15, -0.1) is 0 Å². The van der Waals surface area contributed by atoms with Crippen LogP contribution in [0.3, 0.4) is 0 Å². The molecule has 41 heavy (non-hydrogen) atoms. The number of rotatable bonds is 19. The molecule has 8 nitrogen and oxygen atoms in total. The quantitative estimate of drug-likeness (QED) is 0.0792. The third-order valence-corrected chi connectivity index (χ3v) is 8.28.